The largest absolute Gasteiger partial charge is 0.388 e. The molecule has 3 aliphatic rings. The summed E-state index contributed by atoms with van der Waals surface area (Å²) < 4.78 is 0. The SMILES string of the molecule is O=C(C1CC2CC2C1)N1CCC(O)c2ccccc21. The molecule has 1 aromatic rings. The van der Waals surface area contributed by atoms with Gasteiger partial charge in [-0.05, 0) is 43.6 Å². The highest BCUT2D eigenvalue weighted by Gasteiger charge is 2.49. The normalized spacial score (nSPS) is 35.7. The van der Waals surface area contributed by atoms with Crippen molar-refractivity contribution in [3.8, 4) is 0 Å². The summed E-state index contributed by atoms with van der Waals surface area (Å²) in [7, 11) is 0. The van der Waals surface area contributed by atoms with E-state index in [1.807, 2.05) is 29.2 Å². The van der Waals surface area contributed by atoms with Gasteiger partial charge in [0, 0.05) is 23.7 Å². The number of fused-ring (bicyclic) bond motifs is 2. The van der Waals surface area contributed by atoms with Crippen LogP contribution in [0.4, 0.5) is 5.69 Å². The lowest BCUT2D eigenvalue weighted by atomic mass is 9.95. The summed E-state index contributed by atoms with van der Waals surface area (Å²) in [5.41, 5.74) is 1.83. The summed E-state index contributed by atoms with van der Waals surface area (Å²) in [6.45, 7) is 0.656. The number of aliphatic hydroxyl groups excluding tert-OH is 1. The predicted molar refractivity (Wildman–Crippen MR) is 72.7 cm³/mol. The van der Waals surface area contributed by atoms with E-state index in [0.29, 0.717) is 13.0 Å². The van der Waals surface area contributed by atoms with E-state index in [1.165, 1.54) is 6.42 Å². The van der Waals surface area contributed by atoms with Crippen LogP contribution in [-0.4, -0.2) is 17.6 Å². The zero-order chi connectivity index (χ0) is 13.0. The maximum Gasteiger partial charge on any atom is 0.230 e. The molecule has 19 heavy (non-hydrogen) atoms. The molecule has 0 radical (unpaired) electrons. The van der Waals surface area contributed by atoms with E-state index in [-0.39, 0.29) is 11.8 Å². The molecule has 1 N–H and O–H groups in total. The minimum Gasteiger partial charge on any atom is -0.388 e. The lowest BCUT2D eigenvalue weighted by molar-refractivity contribution is -0.122. The summed E-state index contributed by atoms with van der Waals surface area (Å²) in [5.74, 6) is 2.18. The van der Waals surface area contributed by atoms with Crippen LogP contribution < -0.4 is 4.90 Å². The Morgan fingerprint density at radius 1 is 1.16 bits per heavy atom. The Morgan fingerprint density at radius 3 is 2.68 bits per heavy atom. The molecule has 0 spiro atoms. The van der Waals surface area contributed by atoms with E-state index in [1.54, 1.807) is 0 Å². The molecule has 1 amide bonds. The highest BCUT2D eigenvalue weighted by Crippen LogP contribution is 2.55. The number of nitrogens with zero attached hydrogens (tertiary/aromatic N) is 1. The van der Waals surface area contributed by atoms with Crippen LogP contribution in [0.2, 0.25) is 0 Å². The number of rotatable bonds is 1. The van der Waals surface area contributed by atoms with Gasteiger partial charge in [0.2, 0.25) is 5.91 Å². The first-order chi connectivity index (χ1) is 9.24. The van der Waals surface area contributed by atoms with Crippen LogP contribution in [0.1, 0.15) is 37.4 Å². The van der Waals surface area contributed by atoms with E-state index >= 15 is 0 Å². The highest BCUT2D eigenvalue weighted by molar-refractivity contribution is 5.96. The van der Waals surface area contributed by atoms with Crippen molar-refractivity contribution in [2.75, 3.05) is 11.4 Å². The molecule has 3 atom stereocenters. The number of amides is 1. The third-order valence-corrected chi connectivity index (χ3v) is 5.07. The molecule has 1 heterocycles. The Bertz CT molecular complexity index is 517. The second kappa shape index (κ2) is 4.07. The Kier molecular flexibility index (Phi) is 2.46. The van der Waals surface area contributed by atoms with E-state index in [0.717, 1.165) is 35.9 Å². The van der Waals surface area contributed by atoms with Gasteiger partial charge in [-0.15, -0.1) is 0 Å². The van der Waals surface area contributed by atoms with Crippen LogP contribution in [0, 0.1) is 17.8 Å². The van der Waals surface area contributed by atoms with Gasteiger partial charge in [0.25, 0.3) is 0 Å². The Balaban J connectivity index is 1.61. The molecule has 0 bridgehead atoms. The number of para-hydroxylation sites is 1. The Hall–Kier alpha value is -1.35. The van der Waals surface area contributed by atoms with Crippen molar-refractivity contribution in [3.05, 3.63) is 29.8 Å². The lowest BCUT2D eigenvalue weighted by Gasteiger charge is -2.34. The molecule has 4 rings (SSSR count). The van der Waals surface area contributed by atoms with Gasteiger partial charge in [0.15, 0.2) is 0 Å². The second-order valence-corrected chi connectivity index (χ2v) is 6.28. The monoisotopic (exact) mass is 257 g/mol. The number of aliphatic hydroxyl groups is 1. The van der Waals surface area contributed by atoms with Gasteiger partial charge in [-0.1, -0.05) is 18.2 Å². The van der Waals surface area contributed by atoms with Crippen LogP contribution in [0.15, 0.2) is 24.3 Å². The molecule has 1 aliphatic heterocycles. The lowest BCUT2D eigenvalue weighted by Crippen LogP contribution is -2.40. The van der Waals surface area contributed by atoms with E-state index < -0.39 is 6.10 Å². The fraction of sp³-hybridized carbons (Fsp3) is 0.562. The van der Waals surface area contributed by atoms with Crippen LogP contribution >= 0.6 is 0 Å². The minimum atomic E-state index is -0.419. The maximum absolute atomic E-state index is 12.7. The number of anilines is 1. The molecule has 1 aromatic carbocycles. The number of carbonyl (C=O) groups is 1. The third kappa shape index (κ3) is 1.79. The number of hydrogen-bond acceptors (Lipinski definition) is 2. The Labute approximate surface area is 113 Å². The topological polar surface area (TPSA) is 40.5 Å². The molecular formula is C16H19NO2. The molecule has 2 saturated carbocycles. The molecule has 3 heteroatoms. The van der Waals surface area contributed by atoms with Gasteiger partial charge < -0.3 is 10.0 Å². The van der Waals surface area contributed by atoms with Crippen molar-refractivity contribution in [2.45, 2.75) is 31.8 Å². The minimum absolute atomic E-state index is 0.229. The average molecular weight is 257 g/mol. The summed E-state index contributed by atoms with van der Waals surface area (Å²) in [4.78, 5) is 14.6. The maximum atomic E-state index is 12.7. The zero-order valence-electron chi connectivity index (χ0n) is 11.0. The van der Waals surface area contributed by atoms with Crippen molar-refractivity contribution in [1.82, 2.24) is 0 Å². The standard InChI is InChI=1S/C16H19NO2/c18-15-5-6-17(14-4-2-1-3-13(14)15)16(19)12-8-10-7-11(10)9-12/h1-4,10-12,15,18H,5-9H2. The molecule has 3 nitrogen and oxygen atoms in total. The van der Waals surface area contributed by atoms with E-state index in [4.69, 9.17) is 0 Å². The number of benzene rings is 1. The van der Waals surface area contributed by atoms with Gasteiger partial charge >= 0.3 is 0 Å². The molecule has 0 saturated heterocycles. The smallest absolute Gasteiger partial charge is 0.230 e. The van der Waals surface area contributed by atoms with Gasteiger partial charge in [-0.25, -0.2) is 0 Å². The summed E-state index contributed by atoms with van der Waals surface area (Å²) in [6.07, 6.45) is 3.76. The van der Waals surface area contributed by atoms with Crippen LogP contribution in [0.3, 0.4) is 0 Å². The third-order valence-electron chi connectivity index (χ3n) is 5.07. The molecule has 3 unspecified atom stereocenters. The molecule has 2 aliphatic carbocycles. The van der Waals surface area contributed by atoms with Crippen molar-refractivity contribution < 1.29 is 9.90 Å². The first-order valence-corrected chi connectivity index (χ1v) is 7.32. The zero-order valence-corrected chi connectivity index (χ0v) is 11.0. The fourth-order valence-electron chi connectivity index (χ4n) is 3.91. The average Bonchev–Trinajstić information content (AvgIpc) is 3.05. The summed E-state index contributed by atoms with van der Waals surface area (Å²) in [5, 5.41) is 10.0. The second-order valence-electron chi connectivity index (χ2n) is 6.28. The van der Waals surface area contributed by atoms with E-state index in [2.05, 4.69) is 0 Å². The first-order valence-electron chi connectivity index (χ1n) is 7.32. The predicted octanol–water partition coefficient (Wildman–Crippen LogP) is 2.50. The summed E-state index contributed by atoms with van der Waals surface area (Å²) >= 11 is 0. The molecule has 100 valence electrons. The van der Waals surface area contributed by atoms with Crippen molar-refractivity contribution in [1.29, 1.82) is 0 Å². The molecule has 2 fully saturated rings. The van der Waals surface area contributed by atoms with Gasteiger partial charge in [0.1, 0.15) is 0 Å². The van der Waals surface area contributed by atoms with E-state index in [9.17, 15) is 9.90 Å². The number of hydrogen-bond donors (Lipinski definition) is 1. The van der Waals surface area contributed by atoms with Crippen LogP contribution in [-0.2, 0) is 4.79 Å². The summed E-state index contributed by atoms with van der Waals surface area (Å²) in [6, 6.07) is 7.78. The fourth-order valence-corrected chi connectivity index (χ4v) is 3.91. The molecule has 0 aromatic heterocycles. The number of carbonyl (C=O) groups excluding carboxylic acids is 1. The van der Waals surface area contributed by atoms with Gasteiger partial charge in [-0.2, -0.15) is 0 Å². The molecular weight excluding hydrogens is 238 g/mol. The quantitative estimate of drug-likeness (QED) is 0.839. The highest BCUT2D eigenvalue weighted by atomic mass is 16.3. The van der Waals surface area contributed by atoms with Crippen LogP contribution in [0.25, 0.3) is 0 Å². The van der Waals surface area contributed by atoms with Gasteiger partial charge in [0.05, 0.1) is 6.10 Å². The van der Waals surface area contributed by atoms with Crippen LogP contribution in [0.5, 0.6) is 0 Å². The van der Waals surface area contributed by atoms with Crippen molar-refractivity contribution in [3.63, 3.8) is 0 Å². The Morgan fingerprint density at radius 2 is 1.89 bits per heavy atom. The van der Waals surface area contributed by atoms with Gasteiger partial charge in [-0.3, -0.25) is 4.79 Å². The van der Waals surface area contributed by atoms with Crippen molar-refractivity contribution >= 4 is 11.6 Å². The first kappa shape index (κ1) is 11.5. The van der Waals surface area contributed by atoms with Crippen molar-refractivity contribution in [2.24, 2.45) is 17.8 Å².